The maximum Gasteiger partial charge on any atom is 0.455 e. The van der Waals surface area contributed by atoms with Gasteiger partial charge >= 0.3 is 7.12 Å². The monoisotopic (exact) mass is 848 g/mol. The fraction of sp³-hybridized carbons (Fsp3) is 0.318. The van der Waals surface area contributed by atoms with Crippen LogP contribution in [-0.4, -0.2) is 55.0 Å². The molecule has 13 heteroatoms. The Morgan fingerprint density at radius 1 is 0.982 bits per heavy atom. The van der Waals surface area contributed by atoms with Gasteiger partial charge in [-0.15, -0.1) is 0 Å². The zero-order valence-electron chi connectivity index (χ0n) is 32.4. The Bertz CT molecular complexity index is 2210. The fourth-order valence-electron chi connectivity index (χ4n) is 9.19. The van der Waals surface area contributed by atoms with Gasteiger partial charge in [0.15, 0.2) is 0 Å². The minimum absolute atomic E-state index is 0.109. The number of carbonyl (C=O) groups excluding carboxylic acids is 2. The standard InChI is InChI=1S/C44H46BBrN2O8Si/c1-28(22-29-23-31(46)19-20-38(29)49)18-21-39-40-30(27-55-57(44(2,3)4,34-14-7-5-8-15-34)35-16-9-6-10-17-35)24-36-41(37(40)26-45(52)56-39)43(51)47(42(36)50)32-12-11-13-33(25-32)48(53)54/h5-17,19-20,22-23,25,36-37,39,41,49,52H,18,21,24,26-27H2,1-4H3/b28-22+/t36-,37+,39-,41-/m1/s1. The van der Waals surface area contributed by atoms with Gasteiger partial charge in [0.1, 0.15) is 5.75 Å². The molecule has 3 aliphatic rings. The molecule has 10 nitrogen and oxygen atoms in total. The van der Waals surface area contributed by atoms with Crippen molar-refractivity contribution in [3.63, 3.8) is 0 Å². The second kappa shape index (κ2) is 16.3. The number of halogens is 1. The number of anilines is 1. The van der Waals surface area contributed by atoms with Crippen LogP contribution >= 0.6 is 15.9 Å². The molecule has 2 N–H and O–H groups in total. The Morgan fingerprint density at radius 3 is 2.28 bits per heavy atom. The zero-order chi connectivity index (χ0) is 40.6. The fourth-order valence-corrected chi connectivity index (χ4v) is 14.1. The number of fused-ring (bicyclic) bond motifs is 3. The minimum Gasteiger partial charge on any atom is -0.507 e. The summed E-state index contributed by atoms with van der Waals surface area (Å²) >= 11 is 3.48. The lowest BCUT2D eigenvalue weighted by atomic mass is 9.58. The molecule has 294 valence electrons. The molecular weight excluding hydrogens is 803 g/mol. The highest BCUT2D eigenvalue weighted by Gasteiger charge is 2.58. The summed E-state index contributed by atoms with van der Waals surface area (Å²) in [5, 5.41) is 35.4. The lowest BCUT2D eigenvalue weighted by Gasteiger charge is -2.46. The lowest BCUT2D eigenvalue weighted by Crippen LogP contribution is -2.66. The molecule has 2 heterocycles. The Kier molecular flexibility index (Phi) is 11.6. The van der Waals surface area contributed by atoms with Crippen LogP contribution in [0.25, 0.3) is 6.08 Å². The van der Waals surface area contributed by atoms with Gasteiger partial charge < -0.3 is 19.2 Å². The summed E-state index contributed by atoms with van der Waals surface area (Å²) in [7, 11) is -4.24. The van der Waals surface area contributed by atoms with E-state index < -0.39 is 56.0 Å². The van der Waals surface area contributed by atoms with Crippen molar-refractivity contribution in [1.82, 2.24) is 0 Å². The first-order valence-corrected chi connectivity index (χ1v) is 22.0. The maximum atomic E-state index is 14.5. The van der Waals surface area contributed by atoms with E-state index in [1.165, 1.54) is 18.2 Å². The number of nitrogens with zero attached hydrogens (tertiary/aromatic N) is 2. The first-order chi connectivity index (χ1) is 27.2. The van der Waals surface area contributed by atoms with E-state index in [0.717, 1.165) is 36.5 Å². The number of phenolic OH excluding ortho intramolecular Hbond substituents is 1. The van der Waals surface area contributed by atoms with Gasteiger partial charge in [0.2, 0.25) is 11.8 Å². The molecule has 2 saturated heterocycles. The van der Waals surface area contributed by atoms with Gasteiger partial charge in [-0.05, 0) is 89.2 Å². The van der Waals surface area contributed by atoms with Crippen LogP contribution < -0.4 is 15.3 Å². The molecular formula is C44H46BBrN2O8Si. The summed E-state index contributed by atoms with van der Waals surface area (Å²) in [4.78, 5) is 41.1. The first-order valence-electron chi connectivity index (χ1n) is 19.3. The third-order valence-corrected chi connectivity index (χ3v) is 17.2. The molecule has 4 atom stereocenters. The van der Waals surface area contributed by atoms with Gasteiger partial charge in [0.05, 0.1) is 35.2 Å². The van der Waals surface area contributed by atoms with Gasteiger partial charge in [-0.1, -0.05) is 115 Å². The number of amides is 2. The van der Waals surface area contributed by atoms with Crippen molar-refractivity contribution in [3.8, 4) is 5.75 Å². The highest BCUT2D eigenvalue weighted by molar-refractivity contribution is 9.10. The van der Waals surface area contributed by atoms with Crippen LogP contribution in [0.3, 0.4) is 0 Å². The number of allylic oxidation sites excluding steroid dienone is 1. The van der Waals surface area contributed by atoms with Crippen LogP contribution in [0.5, 0.6) is 5.75 Å². The van der Waals surface area contributed by atoms with Crippen molar-refractivity contribution < 1.29 is 33.7 Å². The van der Waals surface area contributed by atoms with Crippen LogP contribution in [0, 0.1) is 27.9 Å². The molecule has 2 fully saturated rings. The van der Waals surface area contributed by atoms with E-state index in [9.17, 15) is 29.8 Å². The van der Waals surface area contributed by atoms with E-state index in [1.54, 1.807) is 18.2 Å². The molecule has 7 rings (SSSR count). The van der Waals surface area contributed by atoms with Crippen molar-refractivity contribution in [1.29, 1.82) is 0 Å². The molecule has 0 bridgehead atoms. The molecule has 0 spiro atoms. The SMILES string of the molecule is C/C(=C\c1cc(Br)ccc1O)CC[C@H]1OB(O)C[C@H]2C1=C(CO[Si](c1ccccc1)(c1ccccc1)C(C)(C)C)C[C@H]1C(=O)N(c3cccc([N+](=O)[O-])c3)C(=O)[C@H]12. The van der Waals surface area contributed by atoms with Crippen molar-refractivity contribution in [2.45, 2.75) is 64.4 Å². The van der Waals surface area contributed by atoms with Gasteiger partial charge in [0, 0.05) is 22.2 Å². The summed E-state index contributed by atoms with van der Waals surface area (Å²) in [5.41, 5.74) is 3.33. The van der Waals surface area contributed by atoms with Crippen molar-refractivity contribution in [2.24, 2.45) is 17.8 Å². The lowest BCUT2D eigenvalue weighted by molar-refractivity contribution is -0.384. The second-order valence-corrected chi connectivity index (χ2v) is 21.5. The topological polar surface area (TPSA) is 139 Å². The summed E-state index contributed by atoms with van der Waals surface area (Å²) in [6.45, 7) is 8.76. The molecule has 0 radical (unpaired) electrons. The number of phenols is 1. The predicted molar refractivity (Wildman–Crippen MR) is 228 cm³/mol. The molecule has 1 aliphatic carbocycles. The number of nitro benzene ring substituents is 1. The molecule has 0 unspecified atom stereocenters. The summed E-state index contributed by atoms with van der Waals surface area (Å²) < 4.78 is 14.6. The Labute approximate surface area is 342 Å². The molecule has 2 amide bonds. The number of non-ortho nitro benzene ring substituents is 1. The molecule has 4 aromatic rings. The Balaban J connectivity index is 1.31. The maximum absolute atomic E-state index is 14.5. The smallest absolute Gasteiger partial charge is 0.455 e. The van der Waals surface area contributed by atoms with E-state index in [4.69, 9.17) is 9.08 Å². The van der Waals surface area contributed by atoms with Gasteiger partial charge in [0.25, 0.3) is 14.0 Å². The third-order valence-electron chi connectivity index (χ3n) is 11.7. The van der Waals surface area contributed by atoms with Crippen LogP contribution in [-0.2, 0) is 18.7 Å². The number of rotatable bonds is 11. The molecule has 4 aromatic carbocycles. The van der Waals surface area contributed by atoms with Crippen LogP contribution in [0.2, 0.25) is 11.4 Å². The van der Waals surface area contributed by atoms with Crippen LogP contribution in [0.1, 0.15) is 52.5 Å². The van der Waals surface area contributed by atoms with E-state index in [0.29, 0.717) is 18.4 Å². The third kappa shape index (κ3) is 7.83. The number of benzene rings is 4. The average molecular weight is 850 g/mol. The summed E-state index contributed by atoms with van der Waals surface area (Å²) in [5.74, 6) is -2.78. The Hall–Kier alpha value is -4.66. The van der Waals surface area contributed by atoms with Crippen LogP contribution in [0.4, 0.5) is 11.4 Å². The normalized spacial score (nSPS) is 21.5. The Morgan fingerprint density at radius 2 is 1.65 bits per heavy atom. The van der Waals surface area contributed by atoms with Gasteiger partial charge in [-0.2, -0.15) is 0 Å². The number of hydrogen-bond acceptors (Lipinski definition) is 8. The quantitative estimate of drug-likeness (QED) is 0.0512. The first kappa shape index (κ1) is 40.5. The number of aromatic hydroxyl groups is 1. The number of imide groups is 1. The van der Waals surface area contributed by atoms with E-state index in [1.807, 2.05) is 55.5 Å². The average Bonchev–Trinajstić information content (AvgIpc) is 3.44. The van der Waals surface area contributed by atoms with Crippen molar-refractivity contribution in [2.75, 3.05) is 11.5 Å². The molecule has 2 aliphatic heterocycles. The second-order valence-electron chi connectivity index (χ2n) is 16.3. The van der Waals surface area contributed by atoms with Crippen molar-refractivity contribution in [3.05, 3.63) is 140 Å². The number of carbonyl (C=O) groups is 2. The highest BCUT2D eigenvalue weighted by Crippen LogP contribution is 2.52. The van der Waals surface area contributed by atoms with E-state index in [-0.39, 0.29) is 41.5 Å². The van der Waals surface area contributed by atoms with Crippen molar-refractivity contribution >= 4 is 71.0 Å². The molecule has 0 saturated carbocycles. The largest absolute Gasteiger partial charge is 0.507 e. The van der Waals surface area contributed by atoms with Crippen LogP contribution in [0.15, 0.2) is 124 Å². The molecule has 57 heavy (non-hydrogen) atoms. The van der Waals surface area contributed by atoms with Gasteiger partial charge in [-0.3, -0.25) is 19.7 Å². The van der Waals surface area contributed by atoms with Gasteiger partial charge in [-0.25, -0.2) is 4.90 Å². The summed E-state index contributed by atoms with van der Waals surface area (Å²) in [6.07, 6.45) is 2.71. The van der Waals surface area contributed by atoms with E-state index >= 15 is 0 Å². The molecule has 0 aromatic heterocycles. The summed E-state index contributed by atoms with van der Waals surface area (Å²) in [6, 6.07) is 31.4. The number of nitro groups is 1. The van der Waals surface area contributed by atoms with E-state index in [2.05, 4.69) is 61.0 Å². The number of hydrogen-bond donors (Lipinski definition) is 2. The highest BCUT2D eigenvalue weighted by atomic mass is 79.9. The minimum atomic E-state index is -3.05. The predicted octanol–water partition coefficient (Wildman–Crippen LogP) is 7.82. The zero-order valence-corrected chi connectivity index (χ0v) is 35.0.